The van der Waals surface area contributed by atoms with E-state index in [-0.39, 0.29) is 24.3 Å². The fourth-order valence-electron chi connectivity index (χ4n) is 11.1. The maximum Gasteiger partial charge on any atom is 0.242 e. The summed E-state index contributed by atoms with van der Waals surface area (Å²) in [6, 6.07) is 25.1. The summed E-state index contributed by atoms with van der Waals surface area (Å²) in [6.07, 6.45) is 10.2. The summed E-state index contributed by atoms with van der Waals surface area (Å²) in [6.45, 7) is 9.00. The third kappa shape index (κ3) is 6.58. The molecular formula is C48H54N6O4. The Hall–Kier alpha value is -5.06. The number of fused-ring (bicyclic) bond motifs is 9. The van der Waals surface area contributed by atoms with E-state index in [1.807, 2.05) is 36.7 Å². The largest absolute Gasteiger partial charge is 0.497 e. The van der Waals surface area contributed by atoms with E-state index in [0.29, 0.717) is 35.4 Å². The molecule has 12 rings (SSSR count). The van der Waals surface area contributed by atoms with Gasteiger partial charge in [-0.05, 0) is 123 Å². The molecule has 0 radical (unpaired) electrons. The Balaban J connectivity index is 1.06. The molecule has 10 nitrogen and oxygen atoms in total. The number of benzene rings is 3. The van der Waals surface area contributed by atoms with E-state index in [9.17, 15) is 0 Å². The van der Waals surface area contributed by atoms with Crippen LogP contribution in [0.25, 0.3) is 32.6 Å². The zero-order valence-corrected chi connectivity index (χ0v) is 34.1. The van der Waals surface area contributed by atoms with Crippen LogP contribution >= 0.6 is 0 Å². The Morgan fingerprint density at radius 3 is 1.47 bits per heavy atom. The van der Waals surface area contributed by atoms with Crippen LogP contribution in [0.3, 0.4) is 0 Å². The van der Waals surface area contributed by atoms with Crippen LogP contribution in [-0.2, 0) is 0 Å². The smallest absolute Gasteiger partial charge is 0.242 e. The Morgan fingerprint density at radius 2 is 1.07 bits per heavy atom. The Labute approximate surface area is 340 Å². The van der Waals surface area contributed by atoms with Gasteiger partial charge >= 0.3 is 0 Å². The van der Waals surface area contributed by atoms with Crippen LogP contribution < -0.4 is 18.9 Å². The Kier molecular flexibility index (Phi) is 10.0. The molecule has 6 unspecified atom stereocenters. The predicted octanol–water partition coefficient (Wildman–Crippen LogP) is 9.22. The van der Waals surface area contributed by atoms with Gasteiger partial charge in [-0.15, -0.1) is 10.2 Å². The number of aromatic nitrogens is 4. The second-order valence-corrected chi connectivity index (χ2v) is 17.0. The van der Waals surface area contributed by atoms with Crippen molar-refractivity contribution in [3.8, 4) is 23.3 Å². The summed E-state index contributed by atoms with van der Waals surface area (Å²) >= 11 is 0. The molecule has 3 aromatic heterocycles. The summed E-state index contributed by atoms with van der Waals surface area (Å²) in [4.78, 5) is 14.8. The molecule has 9 heterocycles. The second-order valence-electron chi connectivity index (χ2n) is 17.0. The maximum atomic E-state index is 7.30. The van der Waals surface area contributed by atoms with Gasteiger partial charge in [-0.25, -0.2) is 0 Å². The Bertz CT molecular complexity index is 2280. The number of hydrogen-bond donors (Lipinski definition) is 0. The SMILES string of the molecule is CC[C@@H]1C[N@]2CCC1CC2C(Oc1nnc(OC(c2ccnc3ccc(OC)cc23)C2CC3CC[N@@]2C[C@H]3CC)c2ccccc12)c1ccnc2ccc(OC)cc12. The first-order valence-electron chi connectivity index (χ1n) is 21.5. The predicted molar refractivity (Wildman–Crippen MR) is 227 cm³/mol. The molecule has 6 saturated heterocycles. The van der Waals surface area contributed by atoms with Gasteiger partial charge in [0, 0.05) is 47.4 Å². The minimum atomic E-state index is -0.300. The highest BCUT2D eigenvalue weighted by Gasteiger charge is 2.46. The highest BCUT2D eigenvalue weighted by molar-refractivity contribution is 5.91. The van der Waals surface area contributed by atoms with Crippen molar-refractivity contribution in [2.45, 2.75) is 76.7 Å². The van der Waals surface area contributed by atoms with E-state index in [2.05, 4.69) is 72.2 Å². The minimum Gasteiger partial charge on any atom is -0.497 e. The molecule has 6 aromatic rings. The van der Waals surface area contributed by atoms with Crippen molar-refractivity contribution in [3.63, 3.8) is 0 Å². The minimum absolute atomic E-state index is 0.180. The summed E-state index contributed by atoms with van der Waals surface area (Å²) < 4.78 is 26.0. The molecule has 6 aliphatic rings. The van der Waals surface area contributed by atoms with Crippen LogP contribution in [0.4, 0.5) is 0 Å². The zero-order chi connectivity index (χ0) is 39.3. The van der Waals surface area contributed by atoms with Gasteiger partial charge in [-0.1, -0.05) is 38.8 Å². The molecule has 0 amide bonds. The average molecular weight is 779 g/mol. The number of methoxy groups -OCH3 is 2. The fourth-order valence-corrected chi connectivity index (χ4v) is 11.1. The summed E-state index contributed by atoms with van der Waals surface area (Å²) in [7, 11) is 3.42. The lowest BCUT2D eigenvalue weighted by Crippen LogP contribution is -2.56. The van der Waals surface area contributed by atoms with Crippen molar-refractivity contribution in [2.24, 2.45) is 23.7 Å². The highest BCUT2D eigenvalue weighted by Crippen LogP contribution is 2.47. The van der Waals surface area contributed by atoms with Crippen molar-refractivity contribution < 1.29 is 18.9 Å². The maximum absolute atomic E-state index is 7.30. The molecule has 3 aromatic carbocycles. The van der Waals surface area contributed by atoms with Crippen LogP contribution in [0.5, 0.6) is 23.3 Å². The first-order chi connectivity index (χ1) is 28.5. The topological polar surface area (TPSA) is 95.0 Å². The molecule has 300 valence electrons. The van der Waals surface area contributed by atoms with Gasteiger partial charge < -0.3 is 18.9 Å². The van der Waals surface area contributed by atoms with Crippen molar-refractivity contribution in [1.29, 1.82) is 0 Å². The Morgan fingerprint density at radius 1 is 0.603 bits per heavy atom. The van der Waals surface area contributed by atoms with Crippen LogP contribution in [0, 0.1) is 23.7 Å². The molecule has 0 saturated carbocycles. The quantitative estimate of drug-likeness (QED) is 0.120. The van der Waals surface area contributed by atoms with Crippen molar-refractivity contribution >= 4 is 32.6 Å². The second kappa shape index (κ2) is 15.6. The molecule has 0 aliphatic carbocycles. The van der Waals surface area contributed by atoms with Gasteiger partial charge in [-0.3, -0.25) is 19.8 Å². The van der Waals surface area contributed by atoms with Gasteiger partial charge in [0.1, 0.15) is 23.7 Å². The summed E-state index contributed by atoms with van der Waals surface area (Å²) in [5.41, 5.74) is 4.01. The lowest BCUT2D eigenvalue weighted by Gasteiger charge is -2.52. The fraction of sp³-hybridized carbons (Fsp3) is 0.458. The summed E-state index contributed by atoms with van der Waals surface area (Å²) in [5, 5.41) is 13.7. The van der Waals surface area contributed by atoms with E-state index >= 15 is 0 Å². The monoisotopic (exact) mass is 778 g/mol. The van der Waals surface area contributed by atoms with Gasteiger partial charge in [-0.2, -0.15) is 0 Å². The molecule has 0 N–H and O–H groups in total. The van der Waals surface area contributed by atoms with Crippen LogP contribution in [0.1, 0.15) is 75.7 Å². The highest BCUT2D eigenvalue weighted by atomic mass is 16.5. The van der Waals surface area contributed by atoms with E-state index in [4.69, 9.17) is 39.1 Å². The number of hydrogen-bond acceptors (Lipinski definition) is 10. The number of ether oxygens (including phenoxy) is 4. The number of nitrogens with zero attached hydrogens (tertiary/aromatic N) is 6. The van der Waals surface area contributed by atoms with Gasteiger partial charge in [0.2, 0.25) is 11.8 Å². The van der Waals surface area contributed by atoms with Crippen LogP contribution in [-0.4, -0.2) is 82.4 Å². The van der Waals surface area contributed by atoms with Gasteiger partial charge in [0.05, 0.1) is 48.1 Å². The van der Waals surface area contributed by atoms with E-state index in [0.717, 1.165) is 94.2 Å². The zero-order valence-electron chi connectivity index (χ0n) is 34.1. The lowest BCUT2D eigenvalue weighted by molar-refractivity contribution is -0.0505. The van der Waals surface area contributed by atoms with E-state index in [1.54, 1.807) is 14.2 Å². The first-order valence-corrected chi connectivity index (χ1v) is 21.5. The standard InChI is InChI=1S/C48H54N6O4/c1-5-29-27-53-21-17-31(29)23-43(53)45(35-15-19-49-41-13-11-33(55-3)25-39(35)41)57-47-37-9-7-8-10-38(37)48(52-51-47)58-46(44-24-32-18-22-54(44)28-30(32)6-2)36-16-20-50-42-14-12-34(56-4)26-40(36)42/h7-16,19-20,25-26,29-32,43-46H,5-6,17-18,21-24,27-28H2,1-4H3/t29-,30-,31?,32?,43?,44?,45?,46?/m1/s1. The molecular weight excluding hydrogens is 725 g/mol. The molecule has 58 heavy (non-hydrogen) atoms. The molecule has 6 fully saturated rings. The van der Waals surface area contributed by atoms with Gasteiger partial charge in [0.25, 0.3) is 0 Å². The van der Waals surface area contributed by atoms with Gasteiger partial charge in [0.15, 0.2) is 0 Å². The molecule has 4 bridgehead atoms. The number of rotatable bonds is 12. The number of piperidine rings is 6. The normalized spacial score (nSPS) is 27.4. The van der Waals surface area contributed by atoms with Crippen LogP contribution in [0.15, 0.2) is 85.2 Å². The molecule has 10 atom stereocenters. The summed E-state index contributed by atoms with van der Waals surface area (Å²) in [5.74, 6) is 5.39. The van der Waals surface area contributed by atoms with Crippen molar-refractivity contribution in [2.75, 3.05) is 40.4 Å². The lowest BCUT2D eigenvalue weighted by atomic mass is 9.72. The molecule has 6 aliphatic heterocycles. The molecule has 10 heteroatoms. The number of pyridine rings is 2. The molecule has 0 spiro atoms. The first kappa shape index (κ1) is 37.2. The van der Waals surface area contributed by atoms with Crippen molar-refractivity contribution in [3.05, 3.63) is 96.3 Å². The van der Waals surface area contributed by atoms with Crippen LogP contribution in [0.2, 0.25) is 0 Å². The van der Waals surface area contributed by atoms with Crippen molar-refractivity contribution in [1.82, 2.24) is 30.0 Å². The third-order valence-electron chi connectivity index (χ3n) is 14.3. The van der Waals surface area contributed by atoms with E-state index in [1.165, 1.54) is 25.7 Å². The average Bonchev–Trinajstić information content (AvgIpc) is 3.29. The van der Waals surface area contributed by atoms with E-state index < -0.39 is 0 Å². The third-order valence-corrected chi connectivity index (χ3v) is 14.3.